The first-order valence-electron chi connectivity index (χ1n) is 5.28. The van der Waals surface area contributed by atoms with Crippen LogP contribution in [0.15, 0.2) is 18.2 Å². The molecule has 1 aromatic carbocycles. The molecule has 0 atom stereocenters. The predicted molar refractivity (Wildman–Crippen MR) is 71.7 cm³/mol. The summed E-state index contributed by atoms with van der Waals surface area (Å²) in [6, 6.07) is 4.84. The van der Waals surface area contributed by atoms with E-state index in [-0.39, 0.29) is 5.82 Å². The molecule has 0 heterocycles. The maximum absolute atomic E-state index is 12.8. The van der Waals surface area contributed by atoms with E-state index >= 15 is 0 Å². The van der Waals surface area contributed by atoms with Crippen LogP contribution in [-0.2, 0) is 0 Å². The third-order valence-electron chi connectivity index (χ3n) is 2.20. The number of hydrogen-bond acceptors (Lipinski definition) is 1. The molecule has 1 rings (SSSR count). The minimum atomic E-state index is -0.174. The maximum atomic E-state index is 12.8. The molecule has 0 spiro atoms. The number of nitrogens with one attached hydrogen (secondary N) is 1. The highest BCUT2D eigenvalue weighted by atomic mass is 127. The van der Waals surface area contributed by atoms with Crippen molar-refractivity contribution in [3.8, 4) is 0 Å². The molecule has 0 unspecified atom stereocenters. The van der Waals surface area contributed by atoms with Crippen molar-refractivity contribution in [1.29, 1.82) is 0 Å². The van der Waals surface area contributed by atoms with Gasteiger partial charge in [-0.1, -0.05) is 13.8 Å². The Balaban J connectivity index is 2.37. The minimum absolute atomic E-state index is 0.174. The summed E-state index contributed by atoms with van der Waals surface area (Å²) < 4.78 is 13.8. The van der Waals surface area contributed by atoms with Crippen molar-refractivity contribution in [3.63, 3.8) is 0 Å². The average Bonchev–Trinajstić information content (AvgIpc) is 2.14. The molecule has 0 bridgehead atoms. The van der Waals surface area contributed by atoms with Crippen LogP contribution in [0.4, 0.5) is 10.1 Å². The third-order valence-corrected chi connectivity index (χ3v) is 3.10. The van der Waals surface area contributed by atoms with Gasteiger partial charge in [-0.25, -0.2) is 4.39 Å². The molecule has 15 heavy (non-hydrogen) atoms. The van der Waals surface area contributed by atoms with Gasteiger partial charge < -0.3 is 5.32 Å². The Kier molecular flexibility index (Phi) is 5.36. The summed E-state index contributed by atoms with van der Waals surface area (Å²) in [6.45, 7) is 5.41. The van der Waals surface area contributed by atoms with Crippen LogP contribution in [-0.4, -0.2) is 6.54 Å². The molecule has 0 aliphatic rings. The fourth-order valence-electron chi connectivity index (χ4n) is 1.37. The largest absolute Gasteiger partial charge is 0.384 e. The summed E-state index contributed by atoms with van der Waals surface area (Å²) in [6.07, 6.45) is 2.38. The van der Waals surface area contributed by atoms with Crippen LogP contribution < -0.4 is 5.32 Å². The summed E-state index contributed by atoms with van der Waals surface area (Å²) in [4.78, 5) is 0. The highest BCUT2D eigenvalue weighted by molar-refractivity contribution is 14.1. The van der Waals surface area contributed by atoms with Gasteiger partial charge in [-0.2, -0.15) is 0 Å². The monoisotopic (exact) mass is 321 g/mol. The second kappa shape index (κ2) is 6.30. The van der Waals surface area contributed by atoms with Crippen LogP contribution in [0.25, 0.3) is 0 Å². The summed E-state index contributed by atoms with van der Waals surface area (Å²) in [5.74, 6) is 0.575. The zero-order valence-corrected chi connectivity index (χ0v) is 11.3. The van der Waals surface area contributed by atoms with Crippen molar-refractivity contribution < 1.29 is 4.39 Å². The molecule has 1 nitrogen and oxygen atoms in total. The van der Waals surface area contributed by atoms with Gasteiger partial charge in [0.25, 0.3) is 0 Å². The fourth-order valence-corrected chi connectivity index (χ4v) is 2.03. The first-order valence-corrected chi connectivity index (χ1v) is 6.36. The molecule has 0 saturated carbocycles. The molecule has 0 aromatic heterocycles. The molecule has 0 aliphatic heterocycles. The van der Waals surface area contributed by atoms with E-state index in [0.717, 1.165) is 28.1 Å². The normalized spacial score (nSPS) is 10.7. The SMILES string of the molecule is CC(C)CCCNc1ccc(F)cc1I. The molecule has 0 amide bonds. The molecule has 0 fully saturated rings. The molecule has 1 N–H and O–H groups in total. The first-order chi connectivity index (χ1) is 7.09. The Bertz CT molecular complexity index is 312. The molecule has 0 radical (unpaired) electrons. The van der Waals surface area contributed by atoms with Crippen molar-refractivity contribution in [2.24, 2.45) is 5.92 Å². The third kappa shape index (κ3) is 4.82. The highest BCUT2D eigenvalue weighted by Crippen LogP contribution is 2.19. The van der Waals surface area contributed by atoms with E-state index in [0.29, 0.717) is 0 Å². The van der Waals surface area contributed by atoms with E-state index in [2.05, 4.69) is 41.8 Å². The van der Waals surface area contributed by atoms with Gasteiger partial charge in [0.2, 0.25) is 0 Å². The fraction of sp³-hybridized carbons (Fsp3) is 0.500. The Hall–Kier alpha value is -0.320. The van der Waals surface area contributed by atoms with Crippen LogP contribution in [0.2, 0.25) is 0 Å². The van der Waals surface area contributed by atoms with E-state index < -0.39 is 0 Å². The summed E-state index contributed by atoms with van der Waals surface area (Å²) >= 11 is 2.15. The Morgan fingerprint density at radius 1 is 1.40 bits per heavy atom. The van der Waals surface area contributed by atoms with E-state index in [1.807, 2.05) is 0 Å². The number of hydrogen-bond donors (Lipinski definition) is 1. The summed E-state index contributed by atoms with van der Waals surface area (Å²) in [5.41, 5.74) is 1.03. The smallest absolute Gasteiger partial charge is 0.124 e. The van der Waals surface area contributed by atoms with E-state index in [1.54, 1.807) is 12.1 Å². The van der Waals surface area contributed by atoms with Crippen LogP contribution in [0, 0.1) is 15.3 Å². The van der Waals surface area contributed by atoms with Gasteiger partial charge in [-0.15, -0.1) is 0 Å². The molecular weight excluding hydrogens is 304 g/mol. The zero-order valence-electron chi connectivity index (χ0n) is 9.19. The lowest BCUT2D eigenvalue weighted by Gasteiger charge is -2.09. The van der Waals surface area contributed by atoms with Crippen molar-refractivity contribution in [2.75, 3.05) is 11.9 Å². The highest BCUT2D eigenvalue weighted by Gasteiger charge is 2.00. The average molecular weight is 321 g/mol. The molecule has 0 saturated heterocycles. The van der Waals surface area contributed by atoms with Gasteiger partial charge >= 0.3 is 0 Å². The van der Waals surface area contributed by atoms with E-state index in [1.165, 1.54) is 12.5 Å². The lowest BCUT2D eigenvalue weighted by molar-refractivity contribution is 0.567. The van der Waals surface area contributed by atoms with Crippen molar-refractivity contribution in [2.45, 2.75) is 26.7 Å². The van der Waals surface area contributed by atoms with Crippen LogP contribution in [0.1, 0.15) is 26.7 Å². The van der Waals surface area contributed by atoms with Gasteiger partial charge in [0.1, 0.15) is 5.82 Å². The standard InChI is InChI=1S/C12H17FIN/c1-9(2)4-3-7-15-12-6-5-10(13)8-11(12)14/h5-6,8-9,15H,3-4,7H2,1-2H3. The van der Waals surface area contributed by atoms with Crippen molar-refractivity contribution in [3.05, 3.63) is 27.6 Å². The first kappa shape index (κ1) is 12.7. The quantitative estimate of drug-likeness (QED) is 0.630. The summed E-state index contributed by atoms with van der Waals surface area (Å²) in [5, 5.41) is 3.32. The topological polar surface area (TPSA) is 12.0 Å². The van der Waals surface area contributed by atoms with Gasteiger partial charge in [0.15, 0.2) is 0 Å². The number of rotatable bonds is 5. The van der Waals surface area contributed by atoms with Gasteiger partial charge in [-0.05, 0) is 59.5 Å². The number of halogens is 2. The molecular formula is C12H17FIN. The summed E-state index contributed by atoms with van der Waals surface area (Å²) in [7, 11) is 0. The Morgan fingerprint density at radius 2 is 2.13 bits per heavy atom. The minimum Gasteiger partial charge on any atom is -0.384 e. The van der Waals surface area contributed by atoms with Crippen LogP contribution in [0.5, 0.6) is 0 Å². The van der Waals surface area contributed by atoms with Gasteiger partial charge in [0, 0.05) is 15.8 Å². The maximum Gasteiger partial charge on any atom is 0.124 e. The van der Waals surface area contributed by atoms with Gasteiger partial charge in [0.05, 0.1) is 0 Å². The van der Waals surface area contributed by atoms with E-state index in [4.69, 9.17) is 0 Å². The molecule has 0 aliphatic carbocycles. The molecule has 84 valence electrons. The Morgan fingerprint density at radius 3 is 2.73 bits per heavy atom. The van der Waals surface area contributed by atoms with Crippen LogP contribution >= 0.6 is 22.6 Å². The number of benzene rings is 1. The van der Waals surface area contributed by atoms with Crippen molar-refractivity contribution in [1.82, 2.24) is 0 Å². The molecule has 1 aromatic rings. The Labute approximate surface area is 105 Å². The van der Waals surface area contributed by atoms with Gasteiger partial charge in [-0.3, -0.25) is 0 Å². The molecule has 3 heteroatoms. The van der Waals surface area contributed by atoms with Crippen molar-refractivity contribution >= 4 is 28.3 Å². The lowest BCUT2D eigenvalue weighted by Crippen LogP contribution is -2.04. The lowest BCUT2D eigenvalue weighted by atomic mass is 10.1. The van der Waals surface area contributed by atoms with E-state index in [9.17, 15) is 4.39 Å². The second-order valence-electron chi connectivity index (χ2n) is 4.09. The zero-order chi connectivity index (χ0) is 11.3. The second-order valence-corrected chi connectivity index (χ2v) is 5.25. The van der Waals surface area contributed by atoms with Crippen LogP contribution in [0.3, 0.4) is 0 Å². The number of anilines is 1. The predicted octanol–water partition coefficient (Wildman–Crippen LogP) is 4.28.